The highest BCUT2D eigenvalue weighted by Crippen LogP contribution is 2.21. The summed E-state index contributed by atoms with van der Waals surface area (Å²) in [6, 6.07) is 0.775. The molecule has 2 rings (SSSR count). The SMILES string of the molecule is C=C(Cl)CN1CCCC(N2CCCC2)C1. The molecule has 0 bridgehead atoms. The van der Waals surface area contributed by atoms with E-state index in [1.165, 1.54) is 51.9 Å². The van der Waals surface area contributed by atoms with E-state index in [2.05, 4.69) is 16.4 Å². The molecule has 2 saturated heterocycles. The summed E-state index contributed by atoms with van der Waals surface area (Å²) in [5.41, 5.74) is 0. The van der Waals surface area contributed by atoms with Gasteiger partial charge in [0.1, 0.15) is 0 Å². The van der Waals surface area contributed by atoms with E-state index in [0.717, 1.165) is 17.6 Å². The summed E-state index contributed by atoms with van der Waals surface area (Å²) in [5, 5.41) is 0.775. The molecule has 2 aliphatic rings. The van der Waals surface area contributed by atoms with Crippen molar-refractivity contribution in [2.75, 3.05) is 32.7 Å². The molecule has 2 heterocycles. The molecular formula is C12H21ClN2. The molecule has 2 nitrogen and oxygen atoms in total. The van der Waals surface area contributed by atoms with Crippen molar-refractivity contribution in [3.63, 3.8) is 0 Å². The van der Waals surface area contributed by atoms with Gasteiger partial charge in [-0.05, 0) is 45.3 Å². The third-order valence-corrected chi connectivity index (χ3v) is 3.65. The maximum absolute atomic E-state index is 5.87. The van der Waals surface area contributed by atoms with Crippen LogP contribution in [-0.2, 0) is 0 Å². The Kier molecular flexibility index (Phi) is 4.06. The van der Waals surface area contributed by atoms with Crippen molar-refractivity contribution in [2.24, 2.45) is 0 Å². The van der Waals surface area contributed by atoms with E-state index in [0.29, 0.717) is 0 Å². The topological polar surface area (TPSA) is 6.48 Å². The van der Waals surface area contributed by atoms with Gasteiger partial charge in [0, 0.05) is 24.2 Å². The van der Waals surface area contributed by atoms with Gasteiger partial charge in [-0.15, -0.1) is 0 Å². The van der Waals surface area contributed by atoms with E-state index < -0.39 is 0 Å². The van der Waals surface area contributed by atoms with Crippen LogP contribution in [0.25, 0.3) is 0 Å². The van der Waals surface area contributed by atoms with E-state index in [-0.39, 0.29) is 0 Å². The van der Waals surface area contributed by atoms with E-state index in [1.807, 2.05) is 0 Å². The first kappa shape index (κ1) is 11.4. The van der Waals surface area contributed by atoms with E-state index in [4.69, 9.17) is 11.6 Å². The Bertz CT molecular complexity index is 224. The van der Waals surface area contributed by atoms with E-state index in [9.17, 15) is 0 Å². The smallest absolute Gasteiger partial charge is 0.0336 e. The summed E-state index contributed by atoms with van der Waals surface area (Å²) < 4.78 is 0. The highest BCUT2D eigenvalue weighted by Gasteiger charge is 2.26. The van der Waals surface area contributed by atoms with E-state index in [1.54, 1.807) is 0 Å². The lowest BCUT2D eigenvalue weighted by atomic mass is 10.0. The third kappa shape index (κ3) is 3.20. The maximum Gasteiger partial charge on any atom is 0.0336 e. The van der Waals surface area contributed by atoms with Gasteiger partial charge in [-0.1, -0.05) is 18.2 Å². The number of piperidine rings is 1. The number of rotatable bonds is 3. The Morgan fingerprint density at radius 2 is 1.93 bits per heavy atom. The van der Waals surface area contributed by atoms with Crippen molar-refractivity contribution in [3.8, 4) is 0 Å². The molecule has 1 unspecified atom stereocenters. The number of hydrogen-bond donors (Lipinski definition) is 0. The second kappa shape index (κ2) is 5.33. The summed E-state index contributed by atoms with van der Waals surface area (Å²) in [5.74, 6) is 0. The second-order valence-electron chi connectivity index (χ2n) is 4.79. The molecule has 1 atom stereocenters. The van der Waals surface area contributed by atoms with Gasteiger partial charge in [-0.2, -0.15) is 0 Å². The Labute approximate surface area is 97.9 Å². The van der Waals surface area contributed by atoms with Crippen LogP contribution < -0.4 is 0 Å². The molecule has 0 spiro atoms. The predicted molar refractivity (Wildman–Crippen MR) is 65.3 cm³/mol. The van der Waals surface area contributed by atoms with Crippen LogP contribution in [0.1, 0.15) is 25.7 Å². The third-order valence-electron chi connectivity index (χ3n) is 3.53. The van der Waals surface area contributed by atoms with Crippen molar-refractivity contribution in [1.82, 2.24) is 9.80 Å². The molecule has 0 radical (unpaired) electrons. The first-order chi connectivity index (χ1) is 7.25. The van der Waals surface area contributed by atoms with Crippen LogP contribution in [-0.4, -0.2) is 48.6 Å². The zero-order chi connectivity index (χ0) is 10.7. The van der Waals surface area contributed by atoms with Gasteiger partial charge in [0.15, 0.2) is 0 Å². The number of halogens is 1. The van der Waals surface area contributed by atoms with Gasteiger partial charge in [0.2, 0.25) is 0 Å². The Hall–Kier alpha value is -0.0500. The van der Waals surface area contributed by atoms with Crippen LogP contribution >= 0.6 is 11.6 Å². The fourth-order valence-electron chi connectivity index (χ4n) is 2.82. The molecule has 0 aromatic rings. The van der Waals surface area contributed by atoms with Crippen molar-refractivity contribution >= 4 is 11.6 Å². The number of nitrogens with zero attached hydrogens (tertiary/aromatic N) is 2. The lowest BCUT2D eigenvalue weighted by Gasteiger charge is -2.37. The summed E-state index contributed by atoms with van der Waals surface area (Å²) >= 11 is 5.87. The summed E-state index contributed by atoms with van der Waals surface area (Å²) in [7, 11) is 0. The molecule has 0 N–H and O–H groups in total. The van der Waals surface area contributed by atoms with Gasteiger partial charge < -0.3 is 0 Å². The molecule has 86 valence electrons. The normalized spacial score (nSPS) is 29.5. The number of likely N-dealkylation sites (tertiary alicyclic amines) is 2. The van der Waals surface area contributed by atoms with Crippen molar-refractivity contribution in [2.45, 2.75) is 31.7 Å². The minimum absolute atomic E-state index is 0.775. The summed E-state index contributed by atoms with van der Waals surface area (Å²) in [4.78, 5) is 5.10. The average Bonchev–Trinajstić information content (AvgIpc) is 2.69. The van der Waals surface area contributed by atoms with Crippen LogP contribution in [0.5, 0.6) is 0 Å². The Morgan fingerprint density at radius 3 is 2.60 bits per heavy atom. The molecular weight excluding hydrogens is 208 g/mol. The quantitative estimate of drug-likeness (QED) is 0.732. The van der Waals surface area contributed by atoms with Gasteiger partial charge in [-0.3, -0.25) is 9.80 Å². The molecule has 2 aliphatic heterocycles. The lowest BCUT2D eigenvalue weighted by Crippen LogP contribution is -2.47. The Balaban J connectivity index is 1.83. The standard InChI is InChI=1S/C12H21ClN2/c1-11(13)9-14-6-4-5-12(10-14)15-7-2-3-8-15/h12H,1-10H2. The van der Waals surface area contributed by atoms with Gasteiger partial charge in [0.05, 0.1) is 0 Å². The lowest BCUT2D eigenvalue weighted by molar-refractivity contribution is 0.123. The number of hydrogen-bond acceptors (Lipinski definition) is 2. The predicted octanol–water partition coefficient (Wildman–Crippen LogP) is 2.30. The maximum atomic E-state index is 5.87. The first-order valence-corrected chi connectivity index (χ1v) is 6.43. The van der Waals surface area contributed by atoms with Gasteiger partial charge in [-0.25, -0.2) is 0 Å². The molecule has 0 aromatic carbocycles. The fraction of sp³-hybridized carbons (Fsp3) is 0.833. The van der Waals surface area contributed by atoms with Crippen molar-refractivity contribution < 1.29 is 0 Å². The van der Waals surface area contributed by atoms with Crippen LogP contribution in [0.3, 0.4) is 0 Å². The molecule has 2 fully saturated rings. The molecule has 15 heavy (non-hydrogen) atoms. The van der Waals surface area contributed by atoms with E-state index >= 15 is 0 Å². The van der Waals surface area contributed by atoms with Crippen LogP contribution in [0.15, 0.2) is 11.6 Å². The molecule has 0 amide bonds. The molecule has 0 aromatic heterocycles. The van der Waals surface area contributed by atoms with Crippen LogP contribution in [0, 0.1) is 0 Å². The highest BCUT2D eigenvalue weighted by atomic mass is 35.5. The zero-order valence-corrected chi connectivity index (χ0v) is 10.2. The first-order valence-electron chi connectivity index (χ1n) is 6.05. The monoisotopic (exact) mass is 228 g/mol. The average molecular weight is 229 g/mol. The fourth-order valence-corrected chi connectivity index (χ4v) is 2.99. The minimum Gasteiger partial charge on any atom is -0.299 e. The summed E-state index contributed by atoms with van der Waals surface area (Å²) in [6.07, 6.45) is 5.45. The molecule has 3 heteroatoms. The molecule has 0 saturated carbocycles. The van der Waals surface area contributed by atoms with Crippen LogP contribution in [0.4, 0.5) is 0 Å². The van der Waals surface area contributed by atoms with Crippen molar-refractivity contribution in [3.05, 3.63) is 11.6 Å². The van der Waals surface area contributed by atoms with Crippen molar-refractivity contribution in [1.29, 1.82) is 0 Å². The Morgan fingerprint density at radius 1 is 1.20 bits per heavy atom. The molecule has 0 aliphatic carbocycles. The minimum atomic E-state index is 0.775. The largest absolute Gasteiger partial charge is 0.299 e. The van der Waals surface area contributed by atoms with Crippen LogP contribution in [0.2, 0.25) is 0 Å². The highest BCUT2D eigenvalue weighted by molar-refractivity contribution is 6.29. The van der Waals surface area contributed by atoms with Gasteiger partial charge >= 0.3 is 0 Å². The summed E-state index contributed by atoms with van der Waals surface area (Å²) in [6.45, 7) is 9.64. The zero-order valence-electron chi connectivity index (χ0n) is 9.42. The van der Waals surface area contributed by atoms with Gasteiger partial charge in [0.25, 0.3) is 0 Å². The second-order valence-corrected chi connectivity index (χ2v) is 5.33.